The molecule has 3 rings (SSSR count). The first-order valence-corrected chi connectivity index (χ1v) is 8.82. The number of benzene rings is 2. The molecule has 0 saturated carbocycles. The number of carbonyl (C=O) groups is 2. The van der Waals surface area contributed by atoms with Gasteiger partial charge in [0, 0.05) is 4.47 Å². The lowest BCUT2D eigenvalue weighted by atomic mass is 10.2. The van der Waals surface area contributed by atoms with Gasteiger partial charge >= 0.3 is 0 Å². The zero-order valence-electron chi connectivity index (χ0n) is 12.1. The van der Waals surface area contributed by atoms with E-state index in [9.17, 15) is 14.7 Å². The van der Waals surface area contributed by atoms with Crippen molar-refractivity contribution in [2.45, 2.75) is 0 Å². The Balaban J connectivity index is 1.93. The fourth-order valence-corrected chi connectivity index (χ4v) is 3.74. The number of amides is 1. The van der Waals surface area contributed by atoms with Gasteiger partial charge in [0.25, 0.3) is 5.91 Å². The van der Waals surface area contributed by atoms with Crippen molar-refractivity contribution < 1.29 is 14.7 Å². The molecule has 0 N–H and O–H groups in total. The Morgan fingerprint density at radius 2 is 1.92 bits per heavy atom. The Morgan fingerprint density at radius 1 is 1.21 bits per heavy atom. The maximum atomic E-state index is 12.6. The molecule has 0 radical (unpaired) electrons. The van der Waals surface area contributed by atoms with Crippen LogP contribution in [0.25, 0.3) is 6.08 Å². The third kappa shape index (κ3) is 3.43. The summed E-state index contributed by atoms with van der Waals surface area (Å²) in [6.45, 7) is 0. The number of halogens is 1. The van der Waals surface area contributed by atoms with Crippen molar-refractivity contribution in [3.8, 4) is 0 Å². The molecule has 1 aliphatic rings. The van der Waals surface area contributed by atoms with E-state index in [4.69, 9.17) is 12.2 Å². The summed E-state index contributed by atoms with van der Waals surface area (Å²) >= 11 is 9.83. The Hall–Kier alpha value is -1.96. The number of hydrogen-bond acceptors (Lipinski definition) is 5. The smallest absolute Gasteiger partial charge is 0.270 e. The lowest BCUT2D eigenvalue weighted by Gasteiger charge is -2.15. The Kier molecular flexibility index (Phi) is 4.84. The summed E-state index contributed by atoms with van der Waals surface area (Å²) < 4.78 is 1.31. The molecule has 1 heterocycles. The van der Waals surface area contributed by atoms with Gasteiger partial charge in [-0.25, -0.2) is 0 Å². The van der Waals surface area contributed by atoms with Crippen LogP contribution in [0.15, 0.2) is 57.9 Å². The second-order valence-electron chi connectivity index (χ2n) is 4.91. The van der Waals surface area contributed by atoms with Crippen LogP contribution in [0.5, 0.6) is 0 Å². The van der Waals surface area contributed by atoms with Crippen LogP contribution in [0.4, 0.5) is 5.69 Å². The fourth-order valence-electron chi connectivity index (χ4n) is 2.17. The van der Waals surface area contributed by atoms with Crippen molar-refractivity contribution in [1.29, 1.82) is 0 Å². The van der Waals surface area contributed by atoms with Crippen LogP contribution in [0.2, 0.25) is 0 Å². The summed E-state index contributed by atoms with van der Waals surface area (Å²) in [5.74, 6) is -1.57. The van der Waals surface area contributed by atoms with Gasteiger partial charge in [0.1, 0.15) is 0 Å². The van der Waals surface area contributed by atoms with Gasteiger partial charge in [-0.3, -0.25) is 9.69 Å². The molecule has 120 valence electrons. The van der Waals surface area contributed by atoms with Crippen molar-refractivity contribution in [2.24, 2.45) is 0 Å². The van der Waals surface area contributed by atoms with Crippen molar-refractivity contribution in [3.63, 3.8) is 0 Å². The van der Waals surface area contributed by atoms with Crippen molar-refractivity contribution in [1.82, 2.24) is 0 Å². The predicted octanol–water partition coefficient (Wildman–Crippen LogP) is 3.22. The summed E-state index contributed by atoms with van der Waals surface area (Å²) in [7, 11) is 0. The predicted molar refractivity (Wildman–Crippen MR) is 101 cm³/mol. The van der Waals surface area contributed by atoms with Crippen LogP contribution in [0, 0.1) is 0 Å². The minimum Gasteiger partial charge on any atom is -0.545 e. The number of nitrogens with zero attached hydrogens (tertiary/aromatic N) is 1. The number of thioether (sulfide) groups is 1. The number of carboxylic acid groups (broad SMARTS) is 1. The van der Waals surface area contributed by atoms with Crippen LogP contribution in [0.3, 0.4) is 0 Å². The molecule has 1 fully saturated rings. The molecule has 1 amide bonds. The zero-order valence-corrected chi connectivity index (χ0v) is 15.3. The summed E-state index contributed by atoms with van der Waals surface area (Å²) in [6.07, 6.45) is 1.76. The number of carboxylic acids is 1. The first-order valence-electron chi connectivity index (χ1n) is 6.80. The van der Waals surface area contributed by atoms with E-state index < -0.39 is 5.97 Å². The largest absolute Gasteiger partial charge is 0.545 e. The van der Waals surface area contributed by atoms with E-state index in [0.717, 1.165) is 10.0 Å². The topological polar surface area (TPSA) is 60.4 Å². The highest BCUT2D eigenvalue weighted by Gasteiger charge is 2.33. The highest BCUT2D eigenvalue weighted by Crippen LogP contribution is 2.36. The summed E-state index contributed by atoms with van der Waals surface area (Å²) in [6, 6.07) is 13.5. The van der Waals surface area contributed by atoms with Gasteiger partial charge in [0.15, 0.2) is 4.32 Å². The third-order valence-electron chi connectivity index (χ3n) is 3.30. The van der Waals surface area contributed by atoms with Gasteiger partial charge < -0.3 is 9.90 Å². The maximum absolute atomic E-state index is 12.6. The summed E-state index contributed by atoms with van der Waals surface area (Å²) in [5, 5.41) is 11.0. The lowest BCUT2D eigenvalue weighted by molar-refractivity contribution is -0.255. The summed E-state index contributed by atoms with van der Waals surface area (Å²) in [5.41, 5.74) is 1.29. The molecule has 1 saturated heterocycles. The van der Waals surface area contributed by atoms with Gasteiger partial charge in [-0.2, -0.15) is 0 Å². The highest BCUT2D eigenvalue weighted by atomic mass is 79.9. The van der Waals surface area contributed by atoms with Crippen LogP contribution in [-0.2, 0) is 4.79 Å². The average Bonchev–Trinajstić information content (AvgIpc) is 2.83. The number of hydrogen-bond donors (Lipinski definition) is 0. The standard InChI is InChI=1S/C17H10BrNO3S2/c18-12-6-4-10(5-7-12)8-14-15(20)19(17(23)24-14)13-3-1-2-11(9-13)16(21)22/h1-9H,(H,21,22)/p-1/b14-8+. The van der Waals surface area contributed by atoms with Crippen molar-refractivity contribution >= 4 is 67.9 Å². The van der Waals surface area contributed by atoms with Crippen LogP contribution >= 0.6 is 39.9 Å². The van der Waals surface area contributed by atoms with Crippen molar-refractivity contribution in [3.05, 3.63) is 69.0 Å². The molecule has 0 atom stereocenters. The van der Waals surface area contributed by atoms with Gasteiger partial charge in [-0.1, -0.05) is 64.2 Å². The minimum absolute atomic E-state index is 0.00145. The van der Waals surface area contributed by atoms with Gasteiger partial charge in [-0.05, 0) is 41.5 Å². The minimum atomic E-state index is -1.30. The van der Waals surface area contributed by atoms with E-state index in [1.165, 1.54) is 28.8 Å². The monoisotopic (exact) mass is 418 g/mol. The molecule has 0 aliphatic carbocycles. The van der Waals surface area contributed by atoms with Crippen LogP contribution < -0.4 is 10.0 Å². The Bertz CT molecular complexity index is 878. The maximum Gasteiger partial charge on any atom is 0.270 e. The van der Waals surface area contributed by atoms with E-state index in [-0.39, 0.29) is 11.5 Å². The average molecular weight is 419 g/mol. The number of aromatic carboxylic acids is 1. The lowest BCUT2D eigenvalue weighted by Crippen LogP contribution is -2.28. The van der Waals surface area contributed by atoms with E-state index in [0.29, 0.717) is 14.9 Å². The quantitative estimate of drug-likeness (QED) is 0.565. The van der Waals surface area contributed by atoms with Crippen LogP contribution in [-0.4, -0.2) is 16.2 Å². The first-order chi connectivity index (χ1) is 11.5. The molecular formula is C17H9BrNO3S2-. The molecule has 0 unspecified atom stereocenters. The second-order valence-corrected chi connectivity index (χ2v) is 7.50. The van der Waals surface area contributed by atoms with Crippen molar-refractivity contribution in [2.75, 3.05) is 4.90 Å². The Morgan fingerprint density at radius 3 is 2.58 bits per heavy atom. The van der Waals surface area contributed by atoms with E-state index >= 15 is 0 Å². The second kappa shape index (κ2) is 6.88. The molecule has 24 heavy (non-hydrogen) atoms. The normalized spacial score (nSPS) is 16.0. The SMILES string of the molecule is O=C([O-])c1cccc(N2C(=O)/C(=C\c3ccc(Br)cc3)SC2=S)c1. The molecule has 0 spiro atoms. The van der Waals surface area contributed by atoms with E-state index in [2.05, 4.69) is 15.9 Å². The number of carbonyl (C=O) groups excluding carboxylic acids is 2. The Labute approximate surface area is 156 Å². The summed E-state index contributed by atoms with van der Waals surface area (Å²) in [4.78, 5) is 25.5. The molecule has 0 bridgehead atoms. The molecule has 4 nitrogen and oxygen atoms in total. The number of anilines is 1. The van der Waals surface area contributed by atoms with E-state index in [1.807, 2.05) is 24.3 Å². The number of thiocarbonyl (C=S) groups is 1. The van der Waals surface area contributed by atoms with Gasteiger partial charge in [-0.15, -0.1) is 0 Å². The third-order valence-corrected chi connectivity index (χ3v) is 5.13. The molecule has 2 aromatic rings. The first kappa shape index (κ1) is 16.9. The molecule has 1 aliphatic heterocycles. The molecular weight excluding hydrogens is 410 g/mol. The van der Waals surface area contributed by atoms with Crippen LogP contribution in [0.1, 0.15) is 15.9 Å². The fraction of sp³-hybridized carbons (Fsp3) is 0. The zero-order chi connectivity index (χ0) is 17.3. The molecule has 0 aromatic heterocycles. The van der Waals surface area contributed by atoms with E-state index in [1.54, 1.807) is 18.2 Å². The molecule has 2 aromatic carbocycles. The number of rotatable bonds is 3. The van der Waals surface area contributed by atoms with Gasteiger partial charge in [0.2, 0.25) is 0 Å². The van der Waals surface area contributed by atoms with Gasteiger partial charge in [0.05, 0.1) is 16.6 Å². The highest BCUT2D eigenvalue weighted by molar-refractivity contribution is 9.10. The molecule has 7 heteroatoms.